The number of carbonyl (C=O) groups is 7. The number of hydrogen-bond donors (Lipinski definition) is 6. The summed E-state index contributed by atoms with van der Waals surface area (Å²) in [5.41, 5.74) is 8.12. The molecule has 0 bridgehead atoms. The molecule has 25 heteroatoms. The van der Waals surface area contributed by atoms with Crippen molar-refractivity contribution in [2.45, 2.75) is 52.0 Å². The van der Waals surface area contributed by atoms with Crippen LogP contribution in [-0.4, -0.2) is 103 Å². The molecule has 0 aliphatic heterocycles. The first-order chi connectivity index (χ1) is 37.7. The zero-order chi connectivity index (χ0) is 57.6. The van der Waals surface area contributed by atoms with Crippen LogP contribution in [0.5, 0.6) is 0 Å². The molecule has 2 atom stereocenters. The molecular formula is C54H50Cl3FN6O15. The maximum atomic E-state index is 14.2. The molecular weight excluding hydrogens is 1100 g/mol. The molecule has 79 heavy (non-hydrogen) atoms. The van der Waals surface area contributed by atoms with E-state index in [1.807, 2.05) is 52.8 Å². The highest BCUT2D eigenvalue weighted by Gasteiger charge is 2.28. The predicted octanol–water partition coefficient (Wildman–Crippen LogP) is 7.36. The topological polar surface area (TPSA) is 301 Å². The Hall–Kier alpha value is -8.51. The van der Waals surface area contributed by atoms with Gasteiger partial charge in [-0.25, -0.2) is 24.0 Å². The lowest BCUT2D eigenvalue weighted by atomic mass is 10.0. The van der Waals surface area contributed by atoms with Gasteiger partial charge in [0.1, 0.15) is 5.82 Å². The minimum atomic E-state index is -1.70. The zero-order valence-electron chi connectivity index (χ0n) is 41.9. The number of halogens is 4. The molecule has 0 saturated carbocycles. The third kappa shape index (κ3) is 20.1. The standard InChI is InChI=1S/C28H24ClN3O7.C23H21ClFN3O7.C3H5ClO/c29-22-8-4-7-21(13-22)19-11-9-18(10-12-19)15-32(30-27(36)25-14-26(35)31-39-25)16-23(33)28(37)38-17-24(34)20-5-2-1-3-6-20;1-2-21(30)34-19(23(32)33)12-28(26-22(31)18-10-20(29)27-35-18)11-13-3-5-14(6-4-13)16-9-15(24)7-8-17(16)25;1-2-3(4)5/h1-14,23,33H,15-17H2,(H,30,36)(H,31,35);3-10,19H,2,11-12H2,1H3,(H,26,31)(H,27,29)(H,32,33);2H2,1H3/t23-;19-;/m11./s1. The van der Waals surface area contributed by atoms with Gasteiger partial charge in [0.15, 0.2) is 18.5 Å². The second-order valence-corrected chi connectivity index (χ2v) is 17.9. The number of nitrogens with zero attached hydrogens (tertiary/aromatic N) is 2. The Morgan fingerprint density at radius 3 is 1.68 bits per heavy atom. The van der Waals surface area contributed by atoms with E-state index in [4.69, 9.17) is 53.3 Å². The van der Waals surface area contributed by atoms with Crippen molar-refractivity contribution in [3.05, 3.63) is 198 Å². The number of H-pyrrole nitrogens is 2. The van der Waals surface area contributed by atoms with E-state index in [0.717, 1.165) is 28.8 Å². The summed E-state index contributed by atoms with van der Waals surface area (Å²) in [5.74, 6) is -6.27. The number of benzene rings is 5. The number of aliphatic carboxylic acids is 1. The summed E-state index contributed by atoms with van der Waals surface area (Å²) in [6, 6.07) is 35.7. The lowest BCUT2D eigenvalue weighted by Gasteiger charge is -2.25. The van der Waals surface area contributed by atoms with Crippen LogP contribution >= 0.6 is 34.8 Å². The van der Waals surface area contributed by atoms with Crippen LogP contribution in [0.15, 0.2) is 152 Å². The molecule has 0 aliphatic rings. The molecule has 414 valence electrons. The minimum Gasteiger partial charge on any atom is -0.478 e. The van der Waals surface area contributed by atoms with E-state index in [1.54, 1.807) is 67.6 Å². The fourth-order valence-corrected chi connectivity index (χ4v) is 7.10. The minimum absolute atomic E-state index is 0.0217. The lowest BCUT2D eigenvalue weighted by Crippen LogP contribution is -2.48. The first-order valence-corrected chi connectivity index (χ1v) is 24.8. The van der Waals surface area contributed by atoms with Crippen molar-refractivity contribution in [1.82, 2.24) is 31.2 Å². The largest absolute Gasteiger partial charge is 0.478 e. The van der Waals surface area contributed by atoms with Crippen molar-refractivity contribution in [2.24, 2.45) is 0 Å². The quantitative estimate of drug-likeness (QED) is 0.0167. The first-order valence-electron chi connectivity index (χ1n) is 23.6. The Morgan fingerprint density at radius 2 is 1.19 bits per heavy atom. The number of hydrazine groups is 2. The highest BCUT2D eigenvalue weighted by atomic mass is 35.5. The molecule has 21 nitrogen and oxygen atoms in total. The number of esters is 2. The number of ketones is 1. The molecule has 7 rings (SSSR count). The molecule has 0 radical (unpaired) electrons. The van der Waals surface area contributed by atoms with Gasteiger partial charge in [0.25, 0.3) is 11.1 Å². The van der Waals surface area contributed by atoms with Crippen molar-refractivity contribution in [3.8, 4) is 22.3 Å². The Labute approximate surface area is 463 Å². The Morgan fingerprint density at radius 1 is 0.658 bits per heavy atom. The second kappa shape index (κ2) is 30.4. The number of aromatic nitrogens is 2. The number of aromatic amines is 2. The average Bonchev–Trinajstić information content (AvgIpc) is 4.10. The van der Waals surface area contributed by atoms with E-state index >= 15 is 0 Å². The number of carbonyl (C=O) groups excluding carboxylic acids is 6. The van der Waals surface area contributed by atoms with Crippen LogP contribution in [0.4, 0.5) is 4.39 Å². The van der Waals surface area contributed by atoms with Crippen molar-refractivity contribution in [1.29, 1.82) is 0 Å². The fraction of sp³-hybridized carbons (Fsp3) is 0.204. The van der Waals surface area contributed by atoms with Gasteiger partial charge in [-0.2, -0.15) is 10.3 Å². The summed E-state index contributed by atoms with van der Waals surface area (Å²) < 4.78 is 33.7. The van der Waals surface area contributed by atoms with Gasteiger partial charge in [0.05, 0.1) is 25.2 Å². The highest BCUT2D eigenvalue weighted by molar-refractivity contribution is 6.63. The van der Waals surface area contributed by atoms with Crippen LogP contribution in [0.25, 0.3) is 22.3 Å². The number of aliphatic hydroxyl groups is 1. The summed E-state index contributed by atoms with van der Waals surface area (Å²) in [5, 5.41) is 27.1. The van der Waals surface area contributed by atoms with Crippen molar-refractivity contribution in [3.63, 3.8) is 0 Å². The normalized spacial score (nSPS) is 11.5. The number of amides is 2. The molecule has 7 aromatic rings. The number of ether oxygens (including phenoxy) is 2. The van der Waals surface area contributed by atoms with E-state index in [9.17, 15) is 57.8 Å². The number of Topliss-reactive ketones (excluding diaryl/α,β-unsaturated/α-hetero) is 1. The van der Waals surface area contributed by atoms with Gasteiger partial charge < -0.3 is 28.7 Å². The number of hydrogen-bond acceptors (Lipinski definition) is 16. The average molecular weight is 1150 g/mol. The van der Waals surface area contributed by atoms with Gasteiger partial charge in [-0.3, -0.25) is 44.4 Å². The van der Waals surface area contributed by atoms with Gasteiger partial charge in [-0.05, 0) is 69.8 Å². The molecule has 0 aliphatic carbocycles. The van der Waals surface area contributed by atoms with Gasteiger partial charge in [0.2, 0.25) is 22.9 Å². The van der Waals surface area contributed by atoms with Crippen LogP contribution in [-0.2, 0) is 41.7 Å². The van der Waals surface area contributed by atoms with Gasteiger partial charge in [0, 0.05) is 47.1 Å². The second-order valence-electron chi connectivity index (χ2n) is 16.6. The van der Waals surface area contributed by atoms with E-state index in [0.29, 0.717) is 38.7 Å². The lowest BCUT2D eigenvalue weighted by molar-refractivity contribution is -0.165. The summed E-state index contributed by atoms with van der Waals surface area (Å²) in [4.78, 5) is 105. The molecule has 2 aromatic heterocycles. The van der Waals surface area contributed by atoms with Crippen LogP contribution in [0, 0.1) is 5.82 Å². The maximum Gasteiger partial charge on any atom is 0.346 e. The van der Waals surface area contributed by atoms with Crippen molar-refractivity contribution >= 4 is 75.6 Å². The Balaban J connectivity index is 0.000000269. The molecule has 0 saturated heterocycles. The van der Waals surface area contributed by atoms with Crippen LogP contribution < -0.4 is 22.0 Å². The number of nitrogens with one attached hydrogen (secondary N) is 4. The van der Waals surface area contributed by atoms with E-state index in [-0.39, 0.29) is 42.8 Å². The van der Waals surface area contributed by atoms with Crippen molar-refractivity contribution < 1.29 is 66.7 Å². The summed E-state index contributed by atoms with van der Waals surface area (Å²) in [6.45, 7) is 1.94. The van der Waals surface area contributed by atoms with E-state index < -0.39 is 77.8 Å². The number of rotatable bonds is 22. The molecule has 2 heterocycles. The Bertz CT molecular complexity index is 3330. The predicted molar refractivity (Wildman–Crippen MR) is 285 cm³/mol. The molecule has 2 amide bonds. The smallest absolute Gasteiger partial charge is 0.346 e. The Kier molecular flexibility index (Phi) is 23.6. The number of carboxylic acids is 1. The zero-order valence-corrected chi connectivity index (χ0v) is 44.2. The SMILES string of the molecule is CCC(=O)Cl.CCC(=O)O[C@H](CN(Cc1ccc(-c2cc(Cl)ccc2F)cc1)NC(=O)c1cc(=O)[nH]o1)C(=O)O.O=C(COC(=O)[C@H](O)CN(Cc1ccc(-c2cccc(Cl)c2)cc1)NC(=O)c1cc(=O)[nH]o1)c1ccccc1. The van der Waals surface area contributed by atoms with Crippen LogP contribution in [0.1, 0.15) is 69.3 Å². The monoisotopic (exact) mass is 1150 g/mol. The maximum absolute atomic E-state index is 14.2. The van der Waals surface area contributed by atoms with Gasteiger partial charge >= 0.3 is 29.7 Å². The summed E-state index contributed by atoms with van der Waals surface area (Å²) in [6.07, 6.45) is -2.88. The summed E-state index contributed by atoms with van der Waals surface area (Å²) >= 11 is 16.9. The highest BCUT2D eigenvalue weighted by Crippen LogP contribution is 2.27. The van der Waals surface area contributed by atoms with Gasteiger partial charge in [-0.15, -0.1) is 0 Å². The molecule has 0 fully saturated rings. The van der Waals surface area contributed by atoms with Gasteiger partial charge in [-0.1, -0.05) is 128 Å². The van der Waals surface area contributed by atoms with Crippen LogP contribution in [0.2, 0.25) is 10.0 Å². The third-order valence-corrected chi connectivity index (χ3v) is 11.4. The van der Waals surface area contributed by atoms with E-state index in [1.165, 1.54) is 35.1 Å². The number of aliphatic hydroxyl groups excluding tert-OH is 1. The first kappa shape index (κ1) is 61.3. The number of carboxylic acid groups (broad SMARTS) is 1. The van der Waals surface area contributed by atoms with Crippen molar-refractivity contribution in [2.75, 3.05) is 19.7 Å². The molecule has 6 N–H and O–H groups in total. The van der Waals surface area contributed by atoms with E-state index in [2.05, 4.69) is 10.9 Å². The molecule has 5 aromatic carbocycles. The fourth-order valence-electron chi connectivity index (χ4n) is 6.74. The molecule has 0 spiro atoms. The third-order valence-electron chi connectivity index (χ3n) is 10.7. The van der Waals surface area contributed by atoms with Crippen LogP contribution in [0.3, 0.4) is 0 Å². The summed E-state index contributed by atoms with van der Waals surface area (Å²) in [7, 11) is 0. The molecule has 0 unspecified atom stereocenters.